The average Bonchev–Trinajstić information content (AvgIpc) is 3.18. The van der Waals surface area contributed by atoms with Gasteiger partial charge in [-0.2, -0.15) is 0 Å². The van der Waals surface area contributed by atoms with Gasteiger partial charge in [0.1, 0.15) is 22.2 Å². The van der Waals surface area contributed by atoms with Crippen LogP contribution < -0.4 is 14.2 Å². The van der Waals surface area contributed by atoms with Gasteiger partial charge in [0.25, 0.3) is 0 Å². The predicted octanol–water partition coefficient (Wildman–Crippen LogP) is 3.70. The molecule has 0 spiro atoms. The zero-order valence-electron chi connectivity index (χ0n) is 17.3. The van der Waals surface area contributed by atoms with Gasteiger partial charge in [-0.05, 0) is 24.3 Å². The maximum atomic E-state index is 13.0. The SMILES string of the molecule is COc1ccc(OC)c(S(=O)(=O)NCCn2c(-c3ccccc3)nc3ccccc32)c1. The number of fused-ring (bicyclic) bond motifs is 1. The number of methoxy groups -OCH3 is 2. The monoisotopic (exact) mass is 437 g/mol. The van der Waals surface area contributed by atoms with Crippen LogP contribution >= 0.6 is 0 Å². The zero-order valence-corrected chi connectivity index (χ0v) is 18.1. The van der Waals surface area contributed by atoms with E-state index < -0.39 is 10.0 Å². The fourth-order valence-corrected chi connectivity index (χ4v) is 4.68. The molecule has 0 saturated heterocycles. The van der Waals surface area contributed by atoms with Crippen LogP contribution in [0.25, 0.3) is 22.4 Å². The lowest BCUT2D eigenvalue weighted by Gasteiger charge is -2.13. The smallest absolute Gasteiger partial charge is 0.244 e. The molecular weight excluding hydrogens is 414 g/mol. The van der Waals surface area contributed by atoms with E-state index in [-0.39, 0.29) is 17.2 Å². The number of rotatable bonds is 8. The van der Waals surface area contributed by atoms with Gasteiger partial charge in [0, 0.05) is 24.7 Å². The molecule has 1 aromatic heterocycles. The summed E-state index contributed by atoms with van der Waals surface area (Å²) in [5.41, 5.74) is 2.77. The third-order valence-electron chi connectivity index (χ3n) is 4.97. The summed E-state index contributed by atoms with van der Waals surface area (Å²) in [6.07, 6.45) is 0. The van der Waals surface area contributed by atoms with Crippen LogP contribution in [-0.4, -0.2) is 38.7 Å². The topological polar surface area (TPSA) is 82.5 Å². The molecule has 0 aliphatic heterocycles. The Balaban J connectivity index is 1.62. The molecule has 8 heteroatoms. The largest absolute Gasteiger partial charge is 0.497 e. The van der Waals surface area contributed by atoms with Gasteiger partial charge in [0.2, 0.25) is 10.0 Å². The molecule has 0 atom stereocenters. The second-order valence-corrected chi connectivity index (χ2v) is 8.59. The minimum Gasteiger partial charge on any atom is -0.497 e. The zero-order chi connectivity index (χ0) is 21.8. The normalized spacial score (nSPS) is 11.5. The van der Waals surface area contributed by atoms with Gasteiger partial charge in [0.15, 0.2) is 0 Å². The minimum atomic E-state index is -3.81. The molecule has 4 aromatic rings. The molecule has 1 heterocycles. The highest BCUT2D eigenvalue weighted by Crippen LogP contribution is 2.28. The molecular formula is C23H23N3O4S. The minimum absolute atomic E-state index is 0.0353. The first kappa shape index (κ1) is 20.9. The van der Waals surface area contributed by atoms with Crippen molar-refractivity contribution in [3.63, 3.8) is 0 Å². The number of nitrogens with one attached hydrogen (secondary N) is 1. The average molecular weight is 438 g/mol. The van der Waals surface area contributed by atoms with Crippen LogP contribution in [0.2, 0.25) is 0 Å². The third kappa shape index (κ3) is 4.26. The molecule has 0 radical (unpaired) electrons. The van der Waals surface area contributed by atoms with Gasteiger partial charge in [-0.25, -0.2) is 18.1 Å². The molecule has 0 aliphatic carbocycles. The Labute approximate surface area is 181 Å². The quantitative estimate of drug-likeness (QED) is 0.455. The van der Waals surface area contributed by atoms with E-state index in [0.717, 1.165) is 22.4 Å². The lowest BCUT2D eigenvalue weighted by Crippen LogP contribution is -2.28. The van der Waals surface area contributed by atoms with E-state index in [9.17, 15) is 8.42 Å². The van der Waals surface area contributed by atoms with Gasteiger partial charge in [0.05, 0.1) is 25.3 Å². The van der Waals surface area contributed by atoms with Crippen molar-refractivity contribution in [3.8, 4) is 22.9 Å². The highest BCUT2D eigenvalue weighted by atomic mass is 32.2. The van der Waals surface area contributed by atoms with Gasteiger partial charge < -0.3 is 14.0 Å². The van der Waals surface area contributed by atoms with Crippen molar-refractivity contribution in [2.45, 2.75) is 11.4 Å². The maximum absolute atomic E-state index is 13.0. The Kier molecular flexibility index (Phi) is 5.92. The Morgan fingerprint density at radius 2 is 1.68 bits per heavy atom. The molecule has 0 fully saturated rings. The first-order chi connectivity index (χ1) is 15.0. The number of hydrogen-bond donors (Lipinski definition) is 1. The Bertz CT molecular complexity index is 1300. The lowest BCUT2D eigenvalue weighted by molar-refractivity contribution is 0.392. The second kappa shape index (κ2) is 8.79. The van der Waals surface area contributed by atoms with Gasteiger partial charge in [-0.3, -0.25) is 0 Å². The summed E-state index contributed by atoms with van der Waals surface area (Å²) >= 11 is 0. The lowest BCUT2D eigenvalue weighted by atomic mass is 10.2. The summed E-state index contributed by atoms with van der Waals surface area (Å²) in [4.78, 5) is 4.79. The summed E-state index contributed by atoms with van der Waals surface area (Å²) in [6.45, 7) is 0.596. The van der Waals surface area contributed by atoms with Crippen molar-refractivity contribution in [1.29, 1.82) is 0 Å². The predicted molar refractivity (Wildman–Crippen MR) is 120 cm³/mol. The fraction of sp³-hybridized carbons (Fsp3) is 0.174. The van der Waals surface area contributed by atoms with E-state index in [1.807, 2.05) is 59.2 Å². The molecule has 4 rings (SSSR count). The highest BCUT2D eigenvalue weighted by Gasteiger charge is 2.21. The van der Waals surface area contributed by atoms with Crippen molar-refractivity contribution < 1.29 is 17.9 Å². The molecule has 0 amide bonds. The summed E-state index contributed by atoms with van der Waals surface area (Å²) < 4.78 is 41.0. The summed E-state index contributed by atoms with van der Waals surface area (Å²) in [5.74, 6) is 1.49. The second-order valence-electron chi connectivity index (χ2n) is 6.86. The number of imidazole rings is 1. The van der Waals surface area contributed by atoms with E-state index >= 15 is 0 Å². The van der Waals surface area contributed by atoms with E-state index in [1.54, 1.807) is 12.1 Å². The first-order valence-corrected chi connectivity index (χ1v) is 11.2. The Morgan fingerprint density at radius 1 is 0.935 bits per heavy atom. The molecule has 1 N–H and O–H groups in total. The number of para-hydroxylation sites is 2. The maximum Gasteiger partial charge on any atom is 0.244 e. The number of ether oxygens (including phenoxy) is 2. The number of sulfonamides is 1. The van der Waals surface area contributed by atoms with E-state index in [0.29, 0.717) is 12.3 Å². The van der Waals surface area contributed by atoms with Crippen LogP contribution in [0.3, 0.4) is 0 Å². The highest BCUT2D eigenvalue weighted by molar-refractivity contribution is 7.89. The van der Waals surface area contributed by atoms with Crippen LogP contribution in [0.15, 0.2) is 77.7 Å². The standard InChI is InChI=1S/C23H23N3O4S/c1-29-18-12-13-21(30-2)22(16-18)31(27,28)24-14-15-26-20-11-7-6-10-19(20)25-23(26)17-8-4-3-5-9-17/h3-13,16,24H,14-15H2,1-2H3. The number of hydrogen-bond acceptors (Lipinski definition) is 5. The van der Waals surface area contributed by atoms with Crippen molar-refractivity contribution in [2.24, 2.45) is 0 Å². The fourth-order valence-electron chi connectivity index (χ4n) is 3.47. The Morgan fingerprint density at radius 3 is 2.42 bits per heavy atom. The molecule has 0 saturated carbocycles. The van der Waals surface area contributed by atoms with E-state index in [1.165, 1.54) is 20.3 Å². The summed E-state index contributed by atoms with van der Waals surface area (Å²) in [5, 5.41) is 0. The summed E-state index contributed by atoms with van der Waals surface area (Å²) in [6, 6.07) is 22.3. The third-order valence-corrected chi connectivity index (χ3v) is 6.46. The number of benzene rings is 3. The molecule has 0 aliphatic rings. The Hall–Kier alpha value is -3.36. The van der Waals surface area contributed by atoms with Crippen LogP contribution in [-0.2, 0) is 16.6 Å². The van der Waals surface area contributed by atoms with E-state index in [2.05, 4.69) is 4.72 Å². The number of nitrogens with zero attached hydrogens (tertiary/aromatic N) is 2. The van der Waals surface area contributed by atoms with Crippen LogP contribution in [0.5, 0.6) is 11.5 Å². The van der Waals surface area contributed by atoms with Gasteiger partial charge in [-0.15, -0.1) is 0 Å². The molecule has 7 nitrogen and oxygen atoms in total. The van der Waals surface area contributed by atoms with Crippen LogP contribution in [0.1, 0.15) is 0 Å². The van der Waals surface area contributed by atoms with Crippen molar-refractivity contribution in [3.05, 3.63) is 72.8 Å². The molecule has 0 unspecified atom stereocenters. The van der Waals surface area contributed by atoms with Gasteiger partial charge >= 0.3 is 0 Å². The molecule has 0 bridgehead atoms. The summed E-state index contributed by atoms with van der Waals surface area (Å²) in [7, 11) is -0.886. The van der Waals surface area contributed by atoms with Crippen molar-refractivity contribution in [1.82, 2.24) is 14.3 Å². The van der Waals surface area contributed by atoms with E-state index in [4.69, 9.17) is 14.5 Å². The number of aromatic nitrogens is 2. The molecule has 31 heavy (non-hydrogen) atoms. The molecule has 160 valence electrons. The van der Waals surface area contributed by atoms with Gasteiger partial charge in [-0.1, -0.05) is 42.5 Å². The molecule has 3 aromatic carbocycles. The van der Waals surface area contributed by atoms with Crippen molar-refractivity contribution >= 4 is 21.1 Å². The van der Waals surface area contributed by atoms with Crippen LogP contribution in [0, 0.1) is 0 Å². The van der Waals surface area contributed by atoms with Crippen molar-refractivity contribution in [2.75, 3.05) is 20.8 Å². The first-order valence-electron chi connectivity index (χ1n) is 9.76. The van der Waals surface area contributed by atoms with Crippen LogP contribution in [0.4, 0.5) is 0 Å².